The lowest BCUT2D eigenvalue weighted by Gasteiger charge is -2.07. The molecule has 0 saturated heterocycles. The van der Waals surface area contributed by atoms with Gasteiger partial charge in [0.15, 0.2) is 0 Å². The van der Waals surface area contributed by atoms with Gasteiger partial charge in [-0.05, 0) is 41.5 Å². The lowest BCUT2D eigenvalue weighted by molar-refractivity contribution is -0.116. The van der Waals surface area contributed by atoms with Crippen molar-refractivity contribution in [2.75, 3.05) is 10.6 Å². The van der Waals surface area contributed by atoms with Gasteiger partial charge in [0.25, 0.3) is 0 Å². The van der Waals surface area contributed by atoms with Crippen LogP contribution >= 0.6 is 0 Å². The molecule has 2 aromatic carbocycles. The summed E-state index contributed by atoms with van der Waals surface area (Å²) in [6.07, 6.45) is 3.63. The number of carbonyl (C=O) groups excluding carboxylic acids is 3. The van der Waals surface area contributed by atoms with Crippen molar-refractivity contribution in [1.82, 2.24) is 9.97 Å². The number of rotatable bonds is 7. The average molecular weight is 454 g/mol. The van der Waals surface area contributed by atoms with Gasteiger partial charge in [0.05, 0.1) is 6.42 Å². The van der Waals surface area contributed by atoms with Crippen LogP contribution in [-0.2, 0) is 20.8 Å². The van der Waals surface area contributed by atoms with Gasteiger partial charge >= 0.3 is 0 Å². The minimum absolute atomic E-state index is 0.152. The van der Waals surface area contributed by atoms with Crippen LogP contribution in [0, 0.1) is 0 Å². The summed E-state index contributed by atoms with van der Waals surface area (Å²) in [5.41, 5.74) is 9.53. The Morgan fingerprint density at radius 2 is 1.71 bits per heavy atom. The van der Waals surface area contributed by atoms with Crippen molar-refractivity contribution in [1.29, 1.82) is 0 Å². The van der Waals surface area contributed by atoms with Gasteiger partial charge in [-0.1, -0.05) is 42.5 Å². The molecule has 0 spiro atoms. The van der Waals surface area contributed by atoms with E-state index in [1.807, 2.05) is 36.4 Å². The van der Waals surface area contributed by atoms with Crippen molar-refractivity contribution in [3.63, 3.8) is 0 Å². The zero-order valence-electron chi connectivity index (χ0n) is 18.5. The van der Waals surface area contributed by atoms with Crippen LogP contribution in [0.1, 0.15) is 23.6 Å². The minimum Gasteiger partial charge on any atom is -0.366 e. The molecule has 5 N–H and O–H groups in total. The predicted molar refractivity (Wildman–Crippen MR) is 133 cm³/mol. The van der Waals surface area contributed by atoms with Crippen LogP contribution in [-0.4, -0.2) is 27.7 Å². The molecule has 8 heteroatoms. The van der Waals surface area contributed by atoms with E-state index in [-0.39, 0.29) is 18.2 Å². The number of hydrogen-bond acceptors (Lipinski definition) is 4. The molecule has 8 nitrogen and oxygen atoms in total. The van der Waals surface area contributed by atoms with Crippen LogP contribution < -0.4 is 16.4 Å². The van der Waals surface area contributed by atoms with Gasteiger partial charge in [-0.15, -0.1) is 0 Å². The first-order valence-corrected chi connectivity index (χ1v) is 10.6. The molecular weight excluding hydrogens is 430 g/mol. The summed E-state index contributed by atoms with van der Waals surface area (Å²) in [6.45, 7) is 1.44. The van der Waals surface area contributed by atoms with Gasteiger partial charge < -0.3 is 21.4 Å². The summed E-state index contributed by atoms with van der Waals surface area (Å²) in [5.74, 6) is -0.489. The molecular formula is C26H23N5O3. The third-order valence-electron chi connectivity index (χ3n) is 5.13. The number of amides is 3. The molecule has 4 rings (SSSR count). The van der Waals surface area contributed by atoms with E-state index in [1.165, 1.54) is 6.92 Å². The molecule has 4 aromatic rings. The van der Waals surface area contributed by atoms with Crippen LogP contribution in [0.25, 0.3) is 22.7 Å². The van der Waals surface area contributed by atoms with Gasteiger partial charge in [0, 0.05) is 35.3 Å². The van der Waals surface area contributed by atoms with Crippen LogP contribution in [0.15, 0.2) is 72.9 Å². The Kier molecular flexibility index (Phi) is 6.49. The van der Waals surface area contributed by atoms with E-state index in [2.05, 4.69) is 20.6 Å². The maximum Gasteiger partial charge on any atom is 0.249 e. The molecule has 0 aliphatic heterocycles. The predicted octanol–water partition coefficient (Wildman–Crippen LogP) is 3.73. The summed E-state index contributed by atoms with van der Waals surface area (Å²) in [4.78, 5) is 43.1. The first-order chi connectivity index (χ1) is 16.4. The number of fused-ring (bicyclic) bond motifs is 1. The summed E-state index contributed by atoms with van der Waals surface area (Å²) < 4.78 is 0. The van der Waals surface area contributed by atoms with E-state index >= 15 is 0 Å². The number of H-pyrrole nitrogens is 1. The zero-order chi connectivity index (χ0) is 24.1. The second-order valence-electron chi connectivity index (χ2n) is 7.73. The smallest absolute Gasteiger partial charge is 0.249 e. The first kappa shape index (κ1) is 22.5. The molecule has 0 unspecified atom stereocenters. The molecule has 170 valence electrons. The molecule has 0 fully saturated rings. The molecule has 0 bridgehead atoms. The number of aromatic amines is 1. The molecule has 0 atom stereocenters. The Bertz CT molecular complexity index is 1390. The van der Waals surface area contributed by atoms with Crippen molar-refractivity contribution >= 4 is 51.9 Å². The molecule has 34 heavy (non-hydrogen) atoms. The van der Waals surface area contributed by atoms with Crippen molar-refractivity contribution in [3.8, 4) is 0 Å². The van der Waals surface area contributed by atoms with E-state index in [4.69, 9.17) is 5.73 Å². The first-order valence-electron chi connectivity index (χ1n) is 10.6. The third kappa shape index (κ3) is 5.36. The minimum atomic E-state index is -0.525. The highest BCUT2D eigenvalue weighted by atomic mass is 16.2. The van der Waals surface area contributed by atoms with Gasteiger partial charge in [-0.25, -0.2) is 4.98 Å². The molecule has 0 aliphatic carbocycles. The van der Waals surface area contributed by atoms with Gasteiger partial charge in [0.1, 0.15) is 11.5 Å². The number of primary amides is 1. The zero-order valence-corrected chi connectivity index (χ0v) is 18.5. The van der Waals surface area contributed by atoms with Gasteiger partial charge in [0.2, 0.25) is 17.7 Å². The summed E-state index contributed by atoms with van der Waals surface area (Å²) in [6, 6.07) is 19.8. The topological polar surface area (TPSA) is 130 Å². The van der Waals surface area contributed by atoms with Gasteiger partial charge in [-0.3, -0.25) is 14.4 Å². The number of carbonyl (C=O) groups is 3. The quantitative estimate of drug-likeness (QED) is 0.318. The molecule has 3 amide bonds. The monoisotopic (exact) mass is 453 g/mol. The summed E-state index contributed by atoms with van der Waals surface area (Å²) >= 11 is 0. The summed E-state index contributed by atoms with van der Waals surface area (Å²) in [7, 11) is 0. The van der Waals surface area contributed by atoms with E-state index in [0.717, 1.165) is 22.1 Å². The molecule has 0 radical (unpaired) electrons. The Morgan fingerprint density at radius 1 is 0.971 bits per heavy atom. The Hall–Kier alpha value is -4.72. The van der Waals surface area contributed by atoms with E-state index in [1.54, 1.807) is 42.6 Å². The number of anilines is 2. The van der Waals surface area contributed by atoms with Crippen LogP contribution in [0.2, 0.25) is 0 Å². The van der Waals surface area contributed by atoms with Crippen LogP contribution in [0.4, 0.5) is 11.5 Å². The highest BCUT2D eigenvalue weighted by molar-refractivity contribution is 6.24. The Labute approximate surface area is 195 Å². The van der Waals surface area contributed by atoms with E-state index in [0.29, 0.717) is 22.7 Å². The third-order valence-corrected chi connectivity index (χ3v) is 5.13. The molecule has 2 aromatic heterocycles. The SMILES string of the molecule is CC(=O)Nc1ccc(CC(=O)Nc2ccc3c(/C=C(/C(N)=O)c4ccccc4)c[nH]c3n2)cc1. The number of aromatic nitrogens is 2. The average Bonchev–Trinajstić information content (AvgIpc) is 3.20. The van der Waals surface area contributed by atoms with Crippen molar-refractivity contribution in [2.24, 2.45) is 5.73 Å². The highest BCUT2D eigenvalue weighted by Crippen LogP contribution is 2.24. The number of pyridine rings is 1. The largest absolute Gasteiger partial charge is 0.366 e. The molecule has 0 saturated carbocycles. The Balaban J connectivity index is 1.49. The molecule has 2 heterocycles. The van der Waals surface area contributed by atoms with Crippen LogP contribution in [0.3, 0.4) is 0 Å². The second kappa shape index (κ2) is 9.83. The van der Waals surface area contributed by atoms with E-state index < -0.39 is 5.91 Å². The second-order valence-corrected chi connectivity index (χ2v) is 7.73. The number of nitrogens with zero attached hydrogens (tertiary/aromatic N) is 1. The fourth-order valence-electron chi connectivity index (χ4n) is 3.57. The Morgan fingerprint density at radius 3 is 2.38 bits per heavy atom. The van der Waals surface area contributed by atoms with Crippen molar-refractivity contribution in [2.45, 2.75) is 13.3 Å². The maximum absolute atomic E-state index is 12.5. The fraction of sp³-hybridized carbons (Fsp3) is 0.0769. The fourth-order valence-corrected chi connectivity index (χ4v) is 3.57. The molecule has 0 aliphatic rings. The number of benzene rings is 2. The number of nitrogens with one attached hydrogen (secondary N) is 3. The number of hydrogen-bond donors (Lipinski definition) is 4. The van der Waals surface area contributed by atoms with E-state index in [9.17, 15) is 14.4 Å². The lowest BCUT2D eigenvalue weighted by atomic mass is 10.0. The van der Waals surface area contributed by atoms with Gasteiger partial charge in [-0.2, -0.15) is 0 Å². The van der Waals surface area contributed by atoms with Crippen molar-refractivity contribution < 1.29 is 14.4 Å². The summed E-state index contributed by atoms with van der Waals surface area (Å²) in [5, 5.41) is 6.28. The van der Waals surface area contributed by atoms with Crippen molar-refractivity contribution in [3.05, 3.63) is 89.6 Å². The highest BCUT2D eigenvalue weighted by Gasteiger charge is 2.12. The maximum atomic E-state index is 12.5. The normalized spacial score (nSPS) is 11.3. The lowest BCUT2D eigenvalue weighted by Crippen LogP contribution is -2.15. The number of nitrogens with two attached hydrogens (primary N) is 1. The van der Waals surface area contributed by atoms with Crippen LogP contribution in [0.5, 0.6) is 0 Å². The standard InChI is InChI=1S/C26H23N5O3/c1-16(32)29-20-9-7-17(8-10-20)13-24(33)30-23-12-11-21-19(15-28-26(21)31-23)14-22(25(27)34)18-5-3-2-4-6-18/h2-12,14-15H,13H2,1H3,(H2,27,34)(H,29,32)(H2,28,30,31,33)/b22-14+.